The van der Waals surface area contributed by atoms with E-state index in [9.17, 15) is 5.11 Å². The zero-order chi connectivity index (χ0) is 19.8. The number of oxazole rings is 1. The number of rotatable bonds is 3. The van der Waals surface area contributed by atoms with Gasteiger partial charge in [-0.15, -0.1) is 0 Å². The highest BCUT2D eigenvalue weighted by Gasteiger charge is 2.12. The van der Waals surface area contributed by atoms with Crippen LogP contribution in [0.5, 0.6) is 5.75 Å². The average molecular weight is 635 g/mol. The molecule has 28 heavy (non-hydrogen) atoms. The molecule has 0 saturated heterocycles. The molecular weight excluding hydrogens is 625 g/mol. The summed E-state index contributed by atoms with van der Waals surface area (Å²) in [5, 5.41) is 11.2. The van der Waals surface area contributed by atoms with Gasteiger partial charge in [0.2, 0.25) is 5.89 Å². The Hall–Kier alpha value is -1.36. The van der Waals surface area contributed by atoms with Gasteiger partial charge in [0.1, 0.15) is 11.3 Å². The lowest BCUT2D eigenvalue weighted by molar-refractivity contribution is 0.470. The lowest BCUT2D eigenvalue weighted by Crippen LogP contribution is -1.87. The molecule has 3 aromatic carbocycles. The summed E-state index contributed by atoms with van der Waals surface area (Å²) < 4.78 is 7.62. The Morgan fingerprint density at radius 3 is 2.64 bits per heavy atom. The van der Waals surface area contributed by atoms with E-state index >= 15 is 0 Å². The van der Waals surface area contributed by atoms with E-state index in [2.05, 4.69) is 55.2 Å². The van der Waals surface area contributed by atoms with E-state index in [1.54, 1.807) is 30.5 Å². The molecule has 0 saturated carbocycles. The van der Waals surface area contributed by atoms with Crippen LogP contribution in [0.2, 0.25) is 10.0 Å². The van der Waals surface area contributed by atoms with Crippen LogP contribution >= 0.6 is 68.4 Å². The first-order chi connectivity index (χ1) is 13.4. The first-order valence-corrected chi connectivity index (χ1v) is 10.9. The summed E-state index contributed by atoms with van der Waals surface area (Å²) in [5.41, 5.74) is 3.32. The molecule has 1 aromatic heterocycles. The molecule has 0 fully saturated rings. The maximum absolute atomic E-state index is 10.2. The van der Waals surface area contributed by atoms with E-state index in [1.165, 1.54) is 0 Å². The van der Waals surface area contributed by atoms with Crippen LogP contribution in [0.4, 0.5) is 5.69 Å². The summed E-state index contributed by atoms with van der Waals surface area (Å²) >= 11 is 16.5. The van der Waals surface area contributed by atoms with E-state index in [0.717, 1.165) is 7.14 Å². The third-order valence-electron chi connectivity index (χ3n) is 3.94. The number of nitrogens with zero attached hydrogens (tertiary/aromatic N) is 2. The van der Waals surface area contributed by atoms with Crippen molar-refractivity contribution in [2.75, 3.05) is 0 Å². The Balaban J connectivity index is 1.69. The lowest BCUT2D eigenvalue weighted by atomic mass is 10.2. The van der Waals surface area contributed by atoms with Crippen molar-refractivity contribution in [1.29, 1.82) is 0 Å². The normalized spacial score (nSPS) is 11.6. The second-order valence-corrected chi connectivity index (χ2v) is 9.13. The largest absolute Gasteiger partial charge is 0.506 e. The number of phenolic OH excluding ortho intramolecular Hbond substituents is 1. The number of aromatic nitrogens is 1. The average Bonchev–Trinajstić information content (AvgIpc) is 3.06. The van der Waals surface area contributed by atoms with E-state index in [1.807, 2.05) is 24.3 Å². The maximum Gasteiger partial charge on any atom is 0.228 e. The molecule has 1 N–H and O–H groups in total. The van der Waals surface area contributed by atoms with Crippen LogP contribution in [-0.4, -0.2) is 16.3 Å². The van der Waals surface area contributed by atoms with Gasteiger partial charge in [0.25, 0.3) is 0 Å². The molecule has 0 spiro atoms. The monoisotopic (exact) mass is 634 g/mol. The van der Waals surface area contributed by atoms with E-state index in [-0.39, 0.29) is 5.75 Å². The fourth-order valence-electron chi connectivity index (χ4n) is 2.60. The van der Waals surface area contributed by atoms with Crippen molar-refractivity contribution in [2.45, 2.75) is 0 Å². The molecule has 140 valence electrons. The van der Waals surface area contributed by atoms with Crippen LogP contribution in [0.25, 0.3) is 22.6 Å². The molecule has 0 aliphatic heterocycles. The molecule has 4 rings (SSSR count). The van der Waals surface area contributed by atoms with Crippen LogP contribution < -0.4 is 0 Å². The smallest absolute Gasteiger partial charge is 0.228 e. The molecule has 0 aliphatic rings. The standard InChI is InChI=1S/C20H10Cl2I2N2O2/c21-11-1-3-14(15(22)6-11)20-26-17-8-13(2-4-18(17)28-20)25-9-10-5-12(23)7-16(24)19(10)27/h1-9,27H. The Morgan fingerprint density at radius 1 is 1.04 bits per heavy atom. The van der Waals surface area contributed by atoms with Gasteiger partial charge in [0.15, 0.2) is 5.58 Å². The zero-order valence-electron chi connectivity index (χ0n) is 14.0. The van der Waals surface area contributed by atoms with Crippen LogP contribution in [0.15, 0.2) is 57.9 Å². The van der Waals surface area contributed by atoms with Crippen LogP contribution in [0.3, 0.4) is 0 Å². The minimum atomic E-state index is 0.215. The van der Waals surface area contributed by atoms with Gasteiger partial charge in [-0.25, -0.2) is 4.98 Å². The van der Waals surface area contributed by atoms with Gasteiger partial charge >= 0.3 is 0 Å². The van der Waals surface area contributed by atoms with Gasteiger partial charge in [0.05, 0.1) is 19.8 Å². The molecule has 4 nitrogen and oxygen atoms in total. The maximum atomic E-state index is 10.2. The van der Waals surface area contributed by atoms with Crippen molar-refractivity contribution in [1.82, 2.24) is 4.98 Å². The predicted octanol–water partition coefficient (Wildman–Crippen LogP) is 7.47. The summed E-state index contributed by atoms with van der Waals surface area (Å²) in [7, 11) is 0. The number of aromatic hydroxyl groups is 1. The molecule has 4 aromatic rings. The summed E-state index contributed by atoms with van der Waals surface area (Å²) in [5.74, 6) is 0.634. The highest BCUT2D eigenvalue weighted by molar-refractivity contribution is 14.1. The highest BCUT2D eigenvalue weighted by atomic mass is 127. The number of halogens is 4. The SMILES string of the molecule is Oc1c(I)cc(I)cc1C=Nc1ccc2oc(-c3ccc(Cl)cc3Cl)nc2c1. The fourth-order valence-corrected chi connectivity index (χ4v) is 4.98. The van der Waals surface area contributed by atoms with Crippen molar-refractivity contribution >= 4 is 91.4 Å². The number of benzene rings is 3. The summed E-state index contributed by atoms with van der Waals surface area (Å²) in [6.45, 7) is 0. The van der Waals surface area contributed by atoms with E-state index in [0.29, 0.717) is 43.9 Å². The van der Waals surface area contributed by atoms with Crippen molar-refractivity contribution < 1.29 is 9.52 Å². The quantitative estimate of drug-likeness (QED) is 0.188. The number of fused-ring (bicyclic) bond motifs is 1. The van der Waals surface area contributed by atoms with Gasteiger partial charge in [-0.05, 0) is 93.7 Å². The number of hydrogen-bond donors (Lipinski definition) is 1. The molecule has 0 radical (unpaired) electrons. The van der Waals surface area contributed by atoms with E-state index in [4.69, 9.17) is 27.6 Å². The van der Waals surface area contributed by atoms with Crippen molar-refractivity contribution in [3.05, 3.63) is 71.3 Å². The second kappa shape index (κ2) is 8.17. The Morgan fingerprint density at radius 2 is 1.86 bits per heavy atom. The topological polar surface area (TPSA) is 58.6 Å². The molecule has 8 heteroatoms. The molecule has 0 amide bonds. The van der Waals surface area contributed by atoms with Gasteiger partial charge < -0.3 is 9.52 Å². The van der Waals surface area contributed by atoms with Crippen molar-refractivity contribution in [3.63, 3.8) is 0 Å². The zero-order valence-corrected chi connectivity index (χ0v) is 19.8. The molecule has 0 atom stereocenters. The second-order valence-electron chi connectivity index (χ2n) is 5.88. The van der Waals surface area contributed by atoms with Crippen molar-refractivity contribution in [2.24, 2.45) is 4.99 Å². The molecule has 1 heterocycles. The summed E-state index contributed by atoms with van der Waals surface area (Å²) in [6, 6.07) is 14.4. The number of aliphatic imine (C=N–C) groups is 1. The number of phenols is 1. The molecular formula is C20H10Cl2I2N2O2. The Kier molecular flexibility index (Phi) is 5.82. The Labute approximate surface area is 197 Å². The van der Waals surface area contributed by atoms with Gasteiger partial charge in [-0.2, -0.15) is 0 Å². The lowest BCUT2D eigenvalue weighted by Gasteiger charge is -2.02. The minimum absolute atomic E-state index is 0.215. The van der Waals surface area contributed by atoms with E-state index < -0.39 is 0 Å². The summed E-state index contributed by atoms with van der Waals surface area (Å²) in [4.78, 5) is 8.98. The first-order valence-electron chi connectivity index (χ1n) is 7.99. The predicted molar refractivity (Wildman–Crippen MR) is 130 cm³/mol. The van der Waals surface area contributed by atoms with Crippen LogP contribution in [0, 0.1) is 7.14 Å². The van der Waals surface area contributed by atoms with Gasteiger partial charge in [-0.1, -0.05) is 23.2 Å². The Bertz CT molecular complexity index is 1240. The van der Waals surface area contributed by atoms with Crippen molar-refractivity contribution in [3.8, 4) is 17.2 Å². The third kappa shape index (κ3) is 4.14. The third-order valence-corrected chi connectivity index (χ3v) is 5.94. The van der Waals surface area contributed by atoms with Gasteiger partial charge in [0, 0.05) is 20.4 Å². The molecule has 0 bridgehead atoms. The minimum Gasteiger partial charge on any atom is -0.506 e. The van der Waals surface area contributed by atoms with Crippen LogP contribution in [0.1, 0.15) is 5.56 Å². The summed E-state index contributed by atoms with van der Waals surface area (Å²) in [6.07, 6.45) is 1.64. The molecule has 0 aliphatic carbocycles. The van der Waals surface area contributed by atoms with Crippen LogP contribution in [-0.2, 0) is 0 Å². The molecule has 0 unspecified atom stereocenters. The first kappa shape index (κ1) is 19.9. The van der Waals surface area contributed by atoms with Gasteiger partial charge in [-0.3, -0.25) is 4.99 Å². The number of hydrogen-bond acceptors (Lipinski definition) is 4. The highest BCUT2D eigenvalue weighted by Crippen LogP contribution is 2.33. The fraction of sp³-hybridized carbons (Fsp3) is 0.